The molecule has 3 aromatic rings. The molecule has 1 saturated heterocycles. The molecule has 2 heterocycles. The third-order valence-corrected chi connectivity index (χ3v) is 5.06. The molecule has 2 amide bonds. The average molecular weight is 430 g/mol. The Balaban J connectivity index is 1.73. The topological polar surface area (TPSA) is 115 Å². The second-order valence-electron chi connectivity index (χ2n) is 6.58. The number of morpholine rings is 1. The number of carbonyl (C=O) groups excluding carboxylic acids is 2. The molecule has 4 rings (SSSR count). The first kappa shape index (κ1) is 19.9. The molecule has 1 aliphatic heterocycles. The molecule has 0 radical (unpaired) electrons. The van der Waals surface area contributed by atoms with Crippen LogP contribution in [0, 0.1) is 10.1 Å². The van der Waals surface area contributed by atoms with Crippen LogP contribution < -0.4 is 5.32 Å². The maximum absolute atomic E-state index is 13.0. The van der Waals surface area contributed by atoms with Crippen LogP contribution in [0.1, 0.15) is 20.9 Å². The van der Waals surface area contributed by atoms with E-state index in [0.29, 0.717) is 37.3 Å². The molecule has 2 aromatic carbocycles. The molecule has 0 unspecified atom stereocenters. The van der Waals surface area contributed by atoms with Gasteiger partial charge >= 0.3 is 0 Å². The number of halogens is 1. The van der Waals surface area contributed by atoms with Crippen molar-refractivity contribution in [1.29, 1.82) is 0 Å². The van der Waals surface area contributed by atoms with Gasteiger partial charge in [-0.3, -0.25) is 19.7 Å². The predicted octanol–water partition coefficient (Wildman–Crippen LogP) is 3.72. The van der Waals surface area contributed by atoms with Crippen LogP contribution in [-0.4, -0.2) is 47.9 Å². The fourth-order valence-electron chi connectivity index (χ4n) is 3.21. The number of benzene rings is 2. The Kier molecular flexibility index (Phi) is 5.39. The smallest absolute Gasteiger partial charge is 0.291 e. The molecule has 0 atom stereocenters. The van der Waals surface area contributed by atoms with Crippen LogP contribution in [0.5, 0.6) is 0 Å². The SMILES string of the molecule is O=C(Nc1c(C(=O)N2CCOCC2)oc2ccccc12)c1cc([N+](=O)[O-])ccc1Cl. The molecule has 1 aromatic heterocycles. The van der Waals surface area contributed by atoms with Gasteiger partial charge in [0.25, 0.3) is 17.5 Å². The molecular formula is C20H16ClN3O6. The van der Waals surface area contributed by atoms with Crippen molar-refractivity contribution >= 4 is 45.8 Å². The number of amides is 2. The predicted molar refractivity (Wildman–Crippen MR) is 109 cm³/mol. The second kappa shape index (κ2) is 8.13. The van der Waals surface area contributed by atoms with Gasteiger partial charge in [-0.15, -0.1) is 0 Å². The van der Waals surface area contributed by atoms with E-state index in [1.54, 1.807) is 29.2 Å². The lowest BCUT2D eigenvalue weighted by Crippen LogP contribution is -2.40. The van der Waals surface area contributed by atoms with E-state index in [1.165, 1.54) is 12.1 Å². The highest BCUT2D eigenvalue weighted by Gasteiger charge is 2.28. The standard InChI is InChI=1S/C20H16ClN3O6/c21-15-6-5-12(24(27)28)11-14(15)19(25)22-17-13-3-1-2-4-16(13)30-18(17)20(26)23-7-9-29-10-8-23/h1-6,11H,7-10H2,(H,22,25). The number of furan rings is 1. The van der Waals surface area contributed by atoms with E-state index in [0.717, 1.165) is 6.07 Å². The largest absolute Gasteiger partial charge is 0.449 e. The number of anilines is 1. The summed E-state index contributed by atoms with van der Waals surface area (Å²) in [5.74, 6) is -1.09. The molecule has 0 aliphatic carbocycles. The van der Waals surface area contributed by atoms with Gasteiger partial charge in [0.1, 0.15) is 11.3 Å². The van der Waals surface area contributed by atoms with Crippen molar-refractivity contribution in [3.63, 3.8) is 0 Å². The molecule has 10 heteroatoms. The molecule has 0 bridgehead atoms. The fourth-order valence-corrected chi connectivity index (χ4v) is 3.42. The summed E-state index contributed by atoms with van der Waals surface area (Å²) in [6, 6.07) is 10.5. The minimum Gasteiger partial charge on any atom is -0.449 e. The van der Waals surface area contributed by atoms with E-state index in [-0.39, 0.29) is 33.6 Å². The highest BCUT2D eigenvalue weighted by Crippen LogP contribution is 2.33. The van der Waals surface area contributed by atoms with Crippen molar-refractivity contribution in [1.82, 2.24) is 4.90 Å². The van der Waals surface area contributed by atoms with Gasteiger partial charge in [0.2, 0.25) is 5.76 Å². The van der Waals surface area contributed by atoms with Crippen LogP contribution in [-0.2, 0) is 4.74 Å². The highest BCUT2D eigenvalue weighted by atomic mass is 35.5. The molecule has 154 valence electrons. The zero-order valence-electron chi connectivity index (χ0n) is 15.6. The van der Waals surface area contributed by atoms with Crippen molar-refractivity contribution < 1.29 is 23.7 Å². The Morgan fingerprint density at radius 3 is 2.60 bits per heavy atom. The Hall–Kier alpha value is -3.43. The average Bonchev–Trinajstić information content (AvgIpc) is 3.12. The summed E-state index contributed by atoms with van der Waals surface area (Å²) < 4.78 is 11.0. The van der Waals surface area contributed by atoms with Crippen LogP contribution in [0.15, 0.2) is 46.9 Å². The lowest BCUT2D eigenvalue weighted by Gasteiger charge is -2.26. The Morgan fingerprint density at radius 2 is 1.87 bits per heavy atom. The number of hydrogen-bond acceptors (Lipinski definition) is 6. The summed E-state index contributed by atoms with van der Waals surface area (Å²) in [4.78, 5) is 37.9. The van der Waals surface area contributed by atoms with E-state index < -0.39 is 10.8 Å². The van der Waals surface area contributed by atoms with Gasteiger partial charge in [0.15, 0.2) is 0 Å². The summed E-state index contributed by atoms with van der Waals surface area (Å²) in [5.41, 5.74) is 0.261. The van der Waals surface area contributed by atoms with Gasteiger partial charge in [-0.05, 0) is 18.2 Å². The van der Waals surface area contributed by atoms with Crippen molar-refractivity contribution in [2.75, 3.05) is 31.6 Å². The van der Waals surface area contributed by atoms with Crippen LogP contribution in [0.4, 0.5) is 11.4 Å². The maximum Gasteiger partial charge on any atom is 0.291 e. The number of nitrogens with zero attached hydrogens (tertiary/aromatic N) is 2. The van der Waals surface area contributed by atoms with Crippen molar-refractivity contribution in [2.24, 2.45) is 0 Å². The third kappa shape index (κ3) is 3.72. The number of nitro benzene ring substituents is 1. The number of carbonyl (C=O) groups is 2. The fraction of sp³-hybridized carbons (Fsp3) is 0.200. The molecule has 0 saturated carbocycles. The van der Waals surface area contributed by atoms with Crippen molar-refractivity contribution in [3.05, 3.63) is 68.9 Å². The molecule has 9 nitrogen and oxygen atoms in total. The zero-order valence-corrected chi connectivity index (χ0v) is 16.3. The first-order chi connectivity index (χ1) is 14.5. The third-order valence-electron chi connectivity index (χ3n) is 4.73. The van der Waals surface area contributed by atoms with E-state index in [9.17, 15) is 19.7 Å². The quantitative estimate of drug-likeness (QED) is 0.499. The lowest BCUT2D eigenvalue weighted by atomic mass is 10.1. The molecular weight excluding hydrogens is 414 g/mol. The molecule has 1 N–H and O–H groups in total. The number of rotatable bonds is 4. The van der Waals surface area contributed by atoms with Crippen LogP contribution in [0.2, 0.25) is 5.02 Å². The molecule has 30 heavy (non-hydrogen) atoms. The van der Waals surface area contributed by atoms with E-state index in [4.69, 9.17) is 20.8 Å². The number of ether oxygens (including phenoxy) is 1. The zero-order chi connectivity index (χ0) is 21.3. The number of non-ortho nitro benzene ring substituents is 1. The van der Waals surface area contributed by atoms with Gasteiger partial charge in [0.05, 0.1) is 28.7 Å². The van der Waals surface area contributed by atoms with Crippen LogP contribution >= 0.6 is 11.6 Å². The van der Waals surface area contributed by atoms with Crippen molar-refractivity contribution in [3.8, 4) is 0 Å². The van der Waals surface area contributed by atoms with Gasteiger partial charge in [-0.1, -0.05) is 23.7 Å². The van der Waals surface area contributed by atoms with Gasteiger partial charge in [-0.25, -0.2) is 0 Å². The van der Waals surface area contributed by atoms with Crippen LogP contribution in [0.3, 0.4) is 0 Å². The normalized spacial score (nSPS) is 14.0. The summed E-state index contributed by atoms with van der Waals surface area (Å²) in [6.45, 7) is 1.63. The van der Waals surface area contributed by atoms with E-state index in [1.807, 2.05) is 0 Å². The summed E-state index contributed by atoms with van der Waals surface area (Å²) in [6.07, 6.45) is 0. The first-order valence-corrected chi connectivity index (χ1v) is 9.47. The van der Waals surface area contributed by atoms with E-state index >= 15 is 0 Å². The number of nitro groups is 1. The minimum absolute atomic E-state index is 0.0204. The number of hydrogen-bond donors (Lipinski definition) is 1. The molecule has 0 spiro atoms. The van der Waals surface area contributed by atoms with Gasteiger partial charge < -0.3 is 19.4 Å². The van der Waals surface area contributed by atoms with Crippen molar-refractivity contribution in [2.45, 2.75) is 0 Å². The molecule has 1 aliphatic rings. The van der Waals surface area contributed by atoms with Gasteiger partial charge in [-0.2, -0.15) is 0 Å². The van der Waals surface area contributed by atoms with Crippen LogP contribution in [0.25, 0.3) is 11.0 Å². The van der Waals surface area contributed by atoms with Gasteiger partial charge in [0, 0.05) is 30.6 Å². The first-order valence-electron chi connectivity index (χ1n) is 9.09. The highest BCUT2D eigenvalue weighted by molar-refractivity contribution is 6.34. The Labute approximate surface area is 175 Å². The lowest BCUT2D eigenvalue weighted by molar-refractivity contribution is -0.384. The van der Waals surface area contributed by atoms with E-state index in [2.05, 4.69) is 5.32 Å². The summed E-state index contributed by atoms with van der Waals surface area (Å²) >= 11 is 6.08. The second-order valence-corrected chi connectivity index (χ2v) is 6.99. The summed E-state index contributed by atoms with van der Waals surface area (Å²) in [5, 5.41) is 14.3. The minimum atomic E-state index is -0.689. The number of nitrogens with one attached hydrogen (secondary N) is 1. The molecule has 1 fully saturated rings. The maximum atomic E-state index is 13.0. The number of fused-ring (bicyclic) bond motifs is 1. The number of para-hydroxylation sites is 1. The summed E-state index contributed by atoms with van der Waals surface area (Å²) in [7, 11) is 0. The monoisotopic (exact) mass is 429 g/mol. The Bertz CT molecular complexity index is 1150. The Morgan fingerprint density at radius 1 is 1.13 bits per heavy atom.